The second-order valence-corrected chi connectivity index (χ2v) is 9.23. The number of carbonyl (C=O) groups is 2. The standard InChI is InChI=1S/C26H31FN2O3/c1-28(2)25(31)26(12-6-13-29(18-26)24(30)23-11-5-14-32-23)17-19-7-3-8-20(15-19)21-9-4-10-22(27)16-21/h3-4,7-10,15-16,23H,5-6,11-14,17-18H2,1-2H3. The van der Waals surface area contributed by atoms with Gasteiger partial charge in [0, 0.05) is 33.8 Å². The Morgan fingerprint density at radius 1 is 1.12 bits per heavy atom. The number of benzene rings is 2. The zero-order chi connectivity index (χ0) is 22.7. The van der Waals surface area contributed by atoms with Gasteiger partial charge in [-0.05, 0) is 60.9 Å². The van der Waals surface area contributed by atoms with Gasteiger partial charge in [-0.2, -0.15) is 0 Å². The number of hydrogen-bond donors (Lipinski definition) is 0. The molecule has 2 aliphatic heterocycles. The van der Waals surface area contributed by atoms with Crippen LogP contribution in [-0.4, -0.2) is 61.5 Å². The van der Waals surface area contributed by atoms with Crippen molar-refractivity contribution in [2.45, 2.75) is 38.2 Å². The van der Waals surface area contributed by atoms with Gasteiger partial charge < -0.3 is 14.5 Å². The summed E-state index contributed by atoms with van der Waals surface area (Å²) in [5, 5.41) is 0. The number of ether oxygens (including phenoxy) is 1. The van der Waals surface area contributed by atoms with Crippen LogP contribution < -0.4 is 0 Å². The van der Waals surface area contributed by atoms with E-state index in [1.54, 1.807) is 25.1 Å². The van der Waals surface area contributed by atoms with Gasteiger partial charge in [-0.25, -0.2) is 4.39 Å². The van der Waals surface area contributed by atoms with Crippen LogP contribution in [0, 0.1) is 11.2 Å². The second-order valence-electron chi connectivity index (χ2n) is 9.23. The van der Waals surface area contributed by atoms with E-state index in [1.165, 1.54) is 12.1 Å². The fraction of sp³-hybridized carbons (Fsp3) is 0.462. The van der Waals surface area contributed by atoms with Crippen molar-refractivity contribution in [2.24, 2.45) is 5.41 Å². The Kier molecular flexibility index (Phi) is 6.60. The zero-order valence-corrected chi connectivity index (χ0v) is 18.9. The molecule has 2 aliphatic rings. The monoisotopic (exact) mass is 438 g/mol. The molecule has 2 saturated heterocycles. The normalized spacial score (nSPS) is 23.2. The van der Waals surface area contributed by atoms with Gasteiger partial charge >= 0.3 is 0 Å². The Labute approximate surface area is 189 Å². The molecule has 2 aromatic rings. The van der Waals surface area contributed by atoms with Crippen LogP contribution in [0.4, 0.5) is 4.39 Å². The molecule has 0 bridgehead atoms. The highest BCUT2D eigenvalue weighted by molar-refractivity contribution is 5.86. The van der Waals surface area contributed by atoms with Gasteiger partial charge in [0.25, 0.3) is 5.91 Å². The zero-order valence-electron chi connectivity index (χ0n) is 18.9. The molecule has 2 aromatic carbocycles. The molecule has 2 heterocycles. The maximum absolute atomic E-state index is 13.7. The summed E-state index contributed by atoms with van der Waals surface area (Å²) >= 11 is 0. The van der Waals surface area contributed by atoms with Crippen molar-refractivity contribution in [2.75, 3.05) is 33.8 Å². The predicted octanol–water partition coefficient (Wildman–Crippen LogP) is 3.91. The molecule has 0 aromatic heterocycles. The van der Waals surface area contributed by atoms with Crippen molar-refractivity contribution < 1.29 is 18.7 Å². The van der Waals surface area contributed by atoms with Gasteiger partial charge in [-0.3, -0.25) is 9.59 Å². The summed E-state index contributed by atoms with van der Waals surface area (Å²) in [6, 6.07) is 14.5. The molecule has 0 saturated carbocycles. The molecule has 5 nitrogen and oxygen atoms in total. The number of amides is 2. The van der Waals surface area contributed by atoms with Gasteiger partial charge in [0.1, 0.15) is 11.9 Å². The molecule has 0 spiro atoms. The molecule has 6 heteroatoms. The number of piperidine rings is 1. The maximum Gasteiger partial charge on any atom is 0.251 e. The van der Waals surface area contributed by atoms with Crippen LogP contribution in [0.15, 0.2) is 48.5 Å². The first-order valence-corrected chi connectivity index (χ1v) is 11.3. The first-order valence-electron chi connectivity index (χ1n) is 11.3. The van der Waals surface area contributed by atoms with Crippen LogP contribution in [0.2, 0.25) is 0 Å². The number of rotatable bonds is 5. The minimum atomic E-state index is -0.684. The molecule has 2 atom stereocenters. The third-order valence-corrected chi connectivity index (χ3v) is 6.58. The maximum atomic E-state index is 13.7. The molecular weight excluding hydrogens is 407 g/mol. The summed E-state index contributed by atoms with van der Waals surface area (Å²) in [6.45, 7) is 1.68. The molecule has 0 radical (unpaired) electrons. The lowest BCUT2D eigenvalue weighted by atomic mass is 9.73. The van der Waals surface area contributed by atoms with Crippen molar-refractivity contribution >= 4 is 11.8 Å². The van der Waals surface area contributed by atoms with Crippen molar-refractivity contribution in [1.82, 2.24) is 9.80 Å². The summed E-state index contributed by atoms with van der Waals surface area (Å²) < 4.78 is 19.4. The molecule has 2 amide bonds. The molecule has 0 aliphatic carbocycles. The number of carbonyl (C=O) groups excluding carboxylic acids is 2. The van der Waals surface area contributed by atoms with E-state index < -0.39 is 5.41 Å². The molecule has 0 N–H and O–H groups in total. The first kappa shape index (κ1) is 22.5. The van der Waals surface area contributed by atoms with Crippen LogP contribution in [0.1, 0.15) is 31.2 Å². The second kappa shape index (κ2) is 9.41. The number of likely N-dealkylation sites (tertiary alicyclic amines) is 1. The summed E-state index contributed by atoms with van der Waals surface area (Å²) in [6.07, 6.45) is 3.31. The molecule has 4 rings (SSSR count). The van der Waals surface area contributed by atoms with E-state index in [4.69, 9.17) is 4.74 Å². The van der Waals surface area contributed by atoms with E-state index >= 15 is 0 Å². The number of nitrogens with zero attached hydrogens (tertiary/aromatic N) is 2. The highest BCUT2D eigenvalue weighted by Crippen LogP contribution is 2.37. The Balaban J connectivity index is 1.62. The summed E-state index contributed by atoms with van der Waals surface area (Å²) in [7, 11) is 3.54. The average Bonchev–Trinajstić information content (AvgIpc) is 3.33. The van der Waals surface area contributed by atoms with Crippen molar-refractivity contribution in [1.29, 1.82) is 0 Å². The molecule has 170 valence electrons. The topological polar surface area (TPSA) is 49.9 Å². The van der Waals surface area contributed by atoms with E-state index in [0.717, 1.165) is 42.4 Å². The van der Waals surface area contributed by atoms with Gasteiger partial charge in [-0.1, -0.05) is 36.4 Å². The molecule has 2 unspecified atom stereocenters. The minimum Gasteiger partial charge on any atom is -0.368 e. The first-order chi connectivity index (χ1) is 15.4. The van der Waals surface area contributed by atoms with Crippen LogP contribution >= 0.6 is 0 Å². The van der Waals surface area contributed by atoms with Crippen LogP contribution in [0.3, 0.4) is 0 Å². The third kappa shape index (κ3) is 4.70. The highest BCUT2D eigenvalue weighted by Gasteiger charge is 2.45. The molecule has 2 fully saturated rings. The summed E-state index contributed by atoms with van der Waals surface area (Å²) in [4.78, 5) is 29.9. The van der Waals surface area contributed by atoms with E-state index in [-0.39, 0.29) is 23.7 Å². The Bertz CT molecular complexity index is 987. The largest absolute Gasteiger partial charge is 0.368 e. The Morgan fingerprint density at radius 3 is 2.56 bits per heavy atom. The lowest BCUT2D eigenvalue weighted by Gasteiger charge is -2.43. The molecule has 32 heavy (non-hydrogen) atoms. The lowest BCUT2D eigenvalue weighted by molar-refractivity contribution is -0.151. The smallest absolute Gasteiger partial charge is 0.251 e. The quantitative estimate of drug-likeness (QED) is 0.711. The van der Waals surface area contributed by atoms with Crippen molar-refractivity contribution in [3.63, 3.8) is 0 Å². The Hall–Kier alpha value is -2.73. The van der Waals surface area contributed by atoms with E-state index in [0.29, 0.717) is 26.1 Å². The number of hydrogen-bond acceptors (Lipinski definition) is 3. The third-order valence-electron chi connectivity index (χ3n) is 6.58. The van der Waals surface area contributed by atoms with Crippen LogP contribution in [0.25, 0.3) is 11.1 Å². The predicted molar refractivity (Wildman–Crippen MR) is 121 cm³/mol. The molecular formula is C26H31FN2O3. The van der Waals surface area contributed by atoms with Crippen LogP contribution in [-0.2, 0) is 20.7 Å². The van der Waals surface area contributed by atoms with Gasteiger partial charge in [0.15, 0.2) is 0 Å². The Morgan fingerprint density at radius 2 is 1.88 bits per heavy atom. The SMILES string of the molecule is CN(C)C(=O)C1(Cc2cccc(-c3cccc(F)c3)c2)CCCN(C(=O)C2CCCO2)C1. The number of halogens is 1. The van der Waals surface area contributed by atoms with Gasteiger partial charge in [0.05, 0.1) is 5.41 Å². The average molecular weight is 439 g/mol. The van der Waals surface area contributed by atoms with E-state index in [2.05, 4.69) is 0 Å². The highest BCUT2D eigenvalue weighted by atomic mass is 19.1. The minimum absolute atomic E-state index is 0.00615. The van der Waals surface area contributed by atoms with E-state index in [9.17, 15) is 14.0 Å². The van der Waals surface area contributed by atoms with Crippen molar-refractivity contribution in [3.8, 4) is 11.1 Å². The van der Waals surface area contributed by atoms with Crippen LogP contribution in [0.5, 0.6) is 0 Å². The fourth-order valence-electron chi connectivity index (χ4n) is 5.08. The summed E-state index contributed by atoms with van der Waals surface area (Å²) in [5.74, 6) is -0.229. The van der Waals surface area contributed by atoms with E-state index in [1.807, 2.05) is 35.2 Å². The van der Waals surface area contributed by atoms with Crippen molar-refractivity contribution in [3.05, 3.63) is 59.9 Å². The summed E-state index contributed by atoms with van der Waals surface area (Å²) in [5.41, 5.74) is 2.04. The van der Waals surface area contributed by atoms with Gasteiger partial charge in [0.2, 0.25) is 5.91 Å². The van der Waals surface area contributed by atoms with Gasteiger partial charge in [-0.15, -0.1) is 0 Å². The fourth-order valence-corrected chi connectivity index (χ4v) is 5.08. The lowest BCUT2D eigenvalue weighted by Crippen LogP contribution is -2.55.